The molecular formula is C30H27F3N6O3. The Balaban J connectivity index is 1.50. The smallest absolute Gasteiger partial charge is 0.407 e. The summed E-state index contributed by atoms with van der Waals surface area (Å²) in [5.41, 5.74) is 0.598. The number of carbonyl (C=O) groups excluding carboxylic acids is 2. The molecule has 2 amide bonds. The van der Waals surface area contributed by atoms with Gasteiger partial charge in [-0.2, -0.15) is 5.26 Å². The van der Waals surface area contributed by atoms with Gasteiger partial charge in [-0.25, -0.2) is 22.6 Å². The van der Waals surface area contributed by atoms with Crippen LogP contribution in [0.4, 0.5) is 18.0 Å². The molecule has 4 aromatic rings. The topological polar surface area (TPSA) is 113 Å². The minimum absolute atomic E-state index is 0.111. The third-order valence-electron chi connectivity index (χ3n) is 7.26. The van der Waals surface area contributed by atoms with Gasteiger partial charge in [0, 0.05) is 31.3 Å². The Labute approximate surface area is 239 Å². The number of aromatic nitrogens is 3. The van der Waals surface area contributed by atoms with Crippen LogP contribution in [0.2, 0.25) is 0 Å². The molecule has 0 spiro atoms. The van der Waals surface area contributed by atoms with E-state index in [2.05, 4.69) is 15.6 Å². The largest absolute Gasteiger partial charge is 0.450 e. The zero-order valence-electron chi connectivity index (χ0n) is 23.0. The Morgan fingerprint density at radius 1 is 1.10 bits per heavy atom. The molecule has 42 heavy (non-hydrogen) atoms. The lowest BCUT2D eigenvalue weighted by molar-refractivity contribution is 0.0787. The van der Waals surface area contributed by atoms with Crippen molar-refractivity contribution in [1.29, 1.82) is 5.26 Å². The molecule has 1 atom stereocenters. The van der Waals surface area contributed by atoms with E-state index in [1.165, 1.54) is 43.4 Å². The second-order valence-electron chi connectivity index (χ2n) is 10.1. The fraction of sp³-hybridized carbons (Fsp3) is 0.300. The van der Waals surface area contributed by atoms with Crippen molar-refractivity contribution in [2.45, 2.75) is 32.2 Å². The van der Waals surface area contributed by atoms with Crippen molar-refractivity contribution in [3.8, 4) is 28.3 Å². The second kappa shape index (κ2) is 11.9. The highest BCUT2D eigenvalue weighted by molar-refractivity contribution is 5.98. The van der Waals surface area contributed by atoms with Crippen molar-refractivity contribution in [3.05, 3.63) is 71.0 Å². The number of rotatable bonds is 7. The number of alkyl carbamates (subject to hydrolysis) is 1. The minimum atomic E-state index is -1.15. The maximum atomic E-state index is 15.4. The number of nitrogens with zero attached hydrogens (tertiary/aromatic N) is 5. The number of amides is 2. The predicted molar refractivity (Wildman–Crippen MR) is 148 cm³/mol. The highest BCUT2D eigenvalue weighted by atomic mass is 19.2. The van der Waals surface area contributed by atoms with Crippen molar-refractivity contribution in [2.24, 2.45) is 7.05 Å². The lowest BCUT2D eigenvalue weighted by Crippen LogP contribution is -2.38. The Kier molecular flexibility index (Phi) is 8.10. The van der Waals surface area contributed by atoms with Gasteiger partial charge in [-0.05, 0) is 59.9 Å². The highest BCUT2D eigenvalue weighted by Crippen LogP contribution is 2.38. The zero-order chi connectivity index (χ0) is 30.0. The van der Waals surface area contributed by atoms with Crippen molar-refractivity contribution >= 4 is 23.0 Å². The van der Waals surface area contributed by atoms with E-state index < -0.39 is 23.5 Å². The minimum Gasteiger partial charge on any atom is -0.450 e. The molecule has 1 aromatic heterocycles. The highest BCUT2D eigenvalue weighted by Gasteiger charge is 2.29. The maximum absolute atomic E-state index is 15.4. The number of fused-ring (bicyclic) bond motifs is 1. The number of hydrogen-bond donors (Lipinski definition) is 1. The Morgan fingerprint density at radius 3 is 2.64 bits per heavy atom. The van der Waals surface area contributed by atoms with E-state index in [1.807, 2.05) is 6.92 Å². The number of hydrogen-bond acceptors (Lipinski definition) is 6. The van der Waals surface area contributed by atoms with Crippen molar-refractivity contribution in [3.63, 3.8) is 0 Å². The lowest BCUT2D eigenvalue weighted by atomic mass is 9.91. The molecule has 1 N–H and O–H groups in total. The van der Waals surface area contributed by atoms with Gasteiger partial charge in [-0.1, -0.05) is 30.7 Å². The SMILES string of the molecule is CCCCOC(=O)N[C@H]1CCN(C(=O)c2ccc(-c3cc4nnn(C)c4c(F)c3F)c(-c3ccc(C#N)c(F)c3)c2)C1. The van der Waals surface area contributed by atoms with Crippen LogP contribution in [0.15, 0.2) is 42.5 Å². The van der Waals surface area contributed by atoms with Gasteiger partial charge >= 0.3 is 6.09 Å². The summed E-state index contributed by atoms with van der Waals surface area (Å²) in [5.74, 6) is -3.44. The molecule has 1 saturated heterocycles. The summed E-state index contributed by atoms with van der Waals surface area (Å²) in [7, 11) is 1.44. The maximum Gasteiger partial charge on any atom is 0.407 e. The van der Waals surface area contributed by atoms with E-state index in [9.17, 15) is 14.0 Å². The third kappa shape index (κ3) is 5.50. The van der Waals surface area contributed by atoms with Crippen molar-refractivity contribution < 1.29 is 27.5 Å². The number of ether oxygens (including phenoxy) is 1. The molecule has 1 fully saturated rings. The lowest BCUT2D eigenvalue weighted by Gasteiger charge is -2.19. The van der Waals surface area contributed by atoms with Crippen LogP contribution in [0.5, 0.6) is 0 Å². The average molecular weight is 577 g/mol. The quantitative estimate of drug-likeness (QED) is 0.298. The summed E-state index contributed by atoms with van der Waals surface area (Å²) in [4.78, 5) is 27.1. The van der Waals surface area contributed by atoms with Crippen LogP contribution in [-0.2, 0) is 11.8 Å². The first-order valence-electron chi connectivity index (χ1n) is 13.5. The van der Waals surface area contributed by atoms with Gasteiger partial charge in [0.1, 0.15) is 22.9 Å². The van der Waals surface area contributed by atoms with Gasteiger partial charge < -0.3 is 15.0 Å². The molecule has 0 saturated carbocycles. The van der Waals surface area contributed by atoms with Crippen LogP contribution in [0.3, 0.4) is 0 Å². The Morgan fingerprint density at radius 2 is 1.90 bits per heavy atom. The molecule has 0 unspecified atom stereocenters. The van der Waals surface area contributed by atoms with Crippen molar-refractivity contribution in [1.82, 2.24) is 25.2 Å². The van der Waals surface area contributed by atoms with Gasteiger partial charge in [0.25, 0.3) is 5.91 Å². The number of carbonyl (C=O) groups is 2. The van der Waals surface area contributed by atoms with Crippen LogP contribution in [0, 0.1) is 28.8 Å². The van der Waals surface area contributed by atoms with Crippen LogP contribution < -0.4 is 5.32 Å². The number of likely N-dealkylation sites (tertiary alicyclic amines) is 1. The molecule has 0 bridgehead atoms. The molecular weight excluding hydrogens is 549 g/mol. The fourth-order valence-electron chi connectivity index (χ4n) is 5.03. The molecule has 216 valence electrons. The Bertz CT molecular complexity index is 1730. The molecule has 12 heteroatoms. The number of nitrogens with one attached hydrogen (secondary N) is 1. The van der Waals surface area contributed by atoms with E-state index in [4.69, 9.17) is 10.00 Å². The standard InChI is InChI=1S/C30H27F3N6O3/c1-3-4-11-42-30(41)35-20-9-10-39(16-20)29(40)18-7-8-21(22(12-18)17-5-6-19(15-34)24(31)13-17)23-14-25-28(27(33)26(23)32)38(2)37-36-25/h5-8,12-14,20H,3-4,9-11,16H2,1-2H3,(H,35,41)/t20-/m0/s1. The van der Waals surface area contributed by atoms with Gasteiger partial charge in [0.2, 0.25) is 0 Å². The molecule has 2 heterocycles. The van der Waals surface area contributed by atoms with Crippen molar-refractivity contribution in [2.75, 3.05) is 19.7 Å². The van der Waals surface area contributed by atoms with Crippen LogP contribution >= 0.6 is 0 Å². The third-order valence-corrected chi connectivity index (χ3v) is 7.26. The molecule has 5 rings (SSSR count). The first kappa shape index (κ1) is 28.6. The molecule has 0 aliphatic carbocycles. The van der Waals surface area contributed by atoms with E-state index in [0.29, 0.717) is 19.6 Å². The summed E-state index contributed by atoms with van der Waals surface area (Å²) in [6, 6.07) is 11.1. The summed E-state index contributed by atoms with van der Waals surface area (Å²) >= 11 is 0. The first-order valence-corrected chi connectivity index (χ1v) is 13.5. The summed E-state index contributed by atoms with van der Waals surface area (Å²) in [5, 5.41) is 19.6. The molecule has 1 aliphatic heterocycles. The zero-order valence-corrected chi connectivity index (χ0v) is 23.0. The average Bonchev–Trinajstić information content (AvgIpc) is 3.60. The normalized spacial score (nSPS) is 14.7. The van der Waals surface area contributed by atoms with E-state index in [0.717, 1.165) is 23.6 Å². The second-order valence-corrected chi connectivity index (χ2v) is 10.1. The molecule has 1 aliphatic rings. The van der Waals surface area contributed by atoms with Gasteiger partial charge in [-0.3, -0.25) is 4.79 Å². The van der Waals surface area contributed by atoms with Crippen LogP contribution in [0.25, 0.3) is 33.3 Å². The number of unbranched alkanes of at least 4 members (excludes halogenated alkanes) is 1. The number of halogens is 3. The summed E-state index contributed by atoms with van der Waals surface area (Å²) < 4.78 is 51.5. The van der Waals surface area contributed by atoms with Gasteiger partial charge in [0.15, 0.2) is 11.6 Å². The monoisotopic (exact) mass is 576 g/mol. The molecule has 0 radical (unpaired) electrons. The number of benzene rings is 3. The first-order chi connectivity index (χ1) is 20.2. The van der Waals surface area contributed by atoms with Gasteiger partial charge in [0.05, 0.1) is 18.2 Å². The molecule has 3 aromatic carbocycles. The van der Waals surface area contributed by atoms with Gasteiger partial charge in [-0.15, -0.1) is 5.10 Å². The summed E-state index contributed by atoms with van der Waals surface area (Å²) in [6.45, 7) is 2.94. The Hall–Kier alpha value is -4.92. The van der Waals surface area contributed by atoms with E-state index in [-0.39, 0.29) is 62.9 Å². The van der Waals surface area contributed by atoms with E-state index in [1.54, 1.807) is 11.0 Å². The number of nitriles is 1. The van der Waals surface area contributed by atoms with Crippen LogP contribution in [0.1, 0.15) is 42.1 Å². The predicted octanol–water partition coefficient (Wildman–Crippen LogP) is 5.33. The van der Waals surface area contributed by atoms with E-state index >= 15 is 8.78 Å². The number of aryl methyl sites for hydroxylation is 1. The fourth-order valence-corrected chi connectivity index (χ4v) is 5.03. The summed E-state index contributed by atoms with van der Waals surface area (Å²) in [6.07, 6.45) is 1.65. The van der Waals surface area contributed by atoms with Crippen LogP contribution in [-0.4, -0.2) is 57.6 Å². The molecule has 9 nitrogen and oxygen atoms in total.